The lowest BCUT2D eigenvalue weighted by Gasteiger charge is -2.12. The Labute approximate surface area is 102 Å². The zero-order chi connectivity index (χ0) is 13.0. The van der Waals surface area contributed by atoms with E-state index in [0.717, 1.165) is 6.07 Å². The van der Waals surface area contributed by atoms with Gasteiger partial charge in [0.05, 0.1) is 12.0 Å². The third-order valence-electron chi connectivity index (χ3n) is 1.95. The number of esters is 1. The summed E-state index contributed by atoms with van der Waals surface area (Å²) in [6.45, 7) is 1.43. The molecule has 0 aliphatic heterocycles. The Bertz CT molecular complexity index is 448. The molecule has 0 heterocycles. The van der Waals surface area contributed by atoms with Gasteiger partial charge in [-0.1, -0.05) is 11.6 Å². The summed E-state index contributed by atoms with van der Waals surface area (Å²) in [5, 5.41) is 11.0. The van der Waals surface area contributed by atoms with Crippen molar-refractivity contribution in [2.45, 2.75) is 13.0 Å². The Kier molecular flexibility index (Phi) is 4.28. The van der Waals surface area contributed by atoms with Gasteiger partial charge in [-0.2, -0.15) is 0 Å². The first-order valence-corrected chi connectivity index (χ1v) is 5.02. The number of ether oxygens (including phenoxy) is 2. The van der Waals surface area contributed by atoms with Crippen molar-refractivity contribution in [2.24, 2.45) is 0 Å². The van der Waals surface area contributed by atoms with Crippen LogP contribution in [-0.4, -0.2) is 24.1 Å². The van der Waals surface area contributed by atoms with Gasteiger partial charge in [-0.3, -0.25) is 10.1 Å². The van der Waals surface area contributed by atoms with Crippen molar-refractivity contribution >= 4 is 23.3 Å². The molecule has 6 nitrogen and oxygen atoms in total. The summed E-state index contributed by atoms with van der Waals surface area (Å²) in [5.41, 5.74) is -0.298. The monoisotopic (exact) mass is 259 g/mol. The number of hydrogen-bond acceptors (Lipinski definition) is 5. The first-order chi connectivity index (χ1) is 7.95. The molecule has 1 rings (SSSR count). The van der Waals surface area contributed by atoms with Gasteiger partial charge >= 0.3 is 11.7 Å². The van der Waals surface area contributed by atoms with Crippen LogP contribution in [0.25, 0.3) is 0 Å². The Hall–Kier alpha value is -1.82. The second kappa shape index (κ2) is 5.49. The number of nitro benzene ring substituents is 1. The minimum absolute atomic E-state index is 0.0303. The van der Waals surface area contributed by atoms with Crippen molar-refractivity contribution in [3.63, 3.8) is 0 Å². The molecular weight excluding hydrogens is 250 g/mol. The number of carbonyl (C=O) groups excluding carboxylic acids is 1. The number of halogens is 1. The van der Waals surface area contributed by atoms with Gasteiger partial charge in [-0.15, -0.1) is 0 Å². The van der Waals surface area contributed by atoms with Crippen LogP contribution < -0.4 is 4.74 Å². The second-order valence-electron chi connectivity index (χ2n) is 3.15. The number of benzene rings is 1. The number of rotatable bonds is 4. The third kappa shape index (κ3) is 3.32. The molecule has 7 heteroatoms. The lowest BCUT2D eigenvalue weighted by molar-refractivity contribution is -0.386. The standard InChI is InChI=1S/C10H10ClNO5/c1-6(10(13)16-2)17-9-4-3-7(11)5-8(9)12(14)15/h3-6H,1-2H3/t6-/m1/s1. The lowest BCUT2D eigenvalue weighted by Crippen LogP contribution is -2.25. The number of carbonyl (C=O) groups is 1. The van der Waals surface area contributed by atoms with Crippen molar-refractivity contribution in [1.82, 2.24) is 0 Å². The highest BCUT2D eigenvalue weighted by Gasteiger charge is 2.21. The van der Waals surface area contributed by atoms with Gasteiger partial charge in [0, 0.05) is 11.1 Å². The molecule has 17 heavy (non-hydrogen) atoms. The Balaban J connectivity index is 2.98. The molecule has 0 fully saturated rings. The summed E-state index contributed by atoms with van der Waals surface area (Å²) < 4.78 is 9.59. The first kappa shape index (κ1) is 13.2. The van der Waals surface area contributed by atoms with Crippen LogP contribution in [0.2, 0.25) is 5.02 Å². The molecule has 0 aliphatic rings. The SMILES string of the molecule is COC(=O)[C@@H](C)Oc1ccc(Cl)cc1[N+](=O)[O-]. The van der Waals surface area contributed by atoms with Gasteiger partial charge in [0.25, 0.3) is 0 Å². The molecule has 0 saturated heterocycles. The van der Waals surface area contributed by atoms with Crippen LogP contribution in [0.5, 0.6) is 5.75 Å². The molecule has 92 valence electrons. The van der Waals surface area contributed by atoms with Crippen LogP contribution in [0.1, 0.15) is 6.92 Å². The lowest BCUT2D eigenvalue weighted by atomic mass is 10.3. The zero-order valence-electron chi connectivity index (χ0n) is 9.18. The van der Waals surface area contributed by atoms with E-state index in [2.05, 4.69) is 4.74 Å². The van der Waals surface area contributed by atoms with E-state index in [1.165, 1.54) is 26.2 Å². The largest absolute Gasteiger partial charge is 0.472 e. The van der Waals surface area contributed by atoms with Crippen LogP contribution in [0.4, 0.5) is 5.69 Å². The topological polar surface area (TPSA) is 78.7 Å². The van der Waals surface area contributed by atoms with E-state index in [1.807, 2.05) is 0 Å². The summed E-state index contributed by atoms with van der Waals surface area (Å²) in [6, 6.07) is 3.93. The van der Waals surface area contributed by atoms with E-state index in [9.17, 15) is 14.9 Å². The quantitative estimate of drug-likeness (QED) is 0.470. The average Bonchev–Trinajstić information content (AvgIpc) is 2.29. The predicted octanol–water partition coefficient (Wildman–Crippen LogP) is 2.19. The minimum atomic E-state index is -0.931. The highest BCUT2D eigenvalue weighted by Crippen LogP contribution is 2.30. The molecule has 1 aromatic rings. The molecule has 0 aliphatic carbocycles. The number of hydrogen-bond donors (Lipinski definition) is 0. The Morgan fingerprint density at radius 3 is 2.71 bits per heavy atom. The summed E-state index contributed by atoms with van der Waals surface area (Å²) in [5.74, 6) is -0.647. The maximum Gasteiger partial charge on any atom is 0.346 e. The Morgan fingerprint density at radius 1 is 1.53 bits per heavy atom. The van der Waals surface area contributed by atoms with Crippen molar-refractivity contribution in [1.29, 1.82) is 0 Å². The van der Waals surface area contributed by atoms with Gasteiger partial charge in [0.1, 0.15) is 0 Å². The van der Waals surface area contributed by atoms with Crippen molar-refractivity contribution < 1.29 is 19.2 Å². The highest BCUT2D eigenvalue weighted by atomic mass is 35.5. The normalized spacial score (nSPS) is 11.7. The van der Waals surface area contributed by atoms with Gasteiger partial charge < -0.3 is 9.47 Å². The molecule has 1 atom stereocenters. The summed E-state index contributed by atoms with van der Waals surface area (Å²) in [7, 11) is 1.21. The van der Waals surface area contributed by atoms with Crippen molar-refractivity contribution in [2.75, 3.05) is 7.11 Å². The molecule has 0 saturated carbocycles. The van der Waals surface area contributed by atoms with Gasteiger partial charge in [0.2, 0.25) is 0 Å². The molecule has 1 aromatic carbocycles. The molecule has 0 N–H and O–H groups in total. The highest BCUT2D eigenvalue weighted by molar-refractivity contribution is 6.30. The van der Waals surface area contributed by atoms with Crippen LogP contribution in [0.3, 0.4) is 0 Å². The average molecular weight is 260 g/mol. The second-order valence-corrected chi connectivity index (χ2v) is 3.59. The molecule has 0 aromatic heterocycles. The zero-order valence-corrected chi connectivity index (χ0v) is 9.93. The molecule has 0 spiro atoms. The van der Waals surface area contributed by atoms with Gasteiger partial charge in [-0.05, 0) is 19.1 Å². The van der Waals surface area contributed by atoms with Crippen LogP contribution >= 0.6 is 11.6 Å². The maximum atomic E-state index is 11.1. The molecule has 0 bridgehead atoms. The van der Waals surface area contributed by atoms with E-state index in [1.54, 1.807) is 0 Å². The number of nitrogens with zero attached hydrogens (tertiary/aromatic N) is 1. The van der Waals surface area contributed by atoms with Crippen LogP contribution in [0, 0.1) is 10.1 Å². The molecule has 0 radical (unpaired) electrons. The van der Waals surface area contributed by atoms with Gasteiger partial charge in [-0.25, -0.2) is 4.79 Å². The van der Waals surface area contributed by atoms with E-state index in [4.69, 9.17) is 16.3 Å². The van der Waals surface area contributed by atoms with E-state index in [-0.39, 0.29) is 16.5 Å². The smallest absolute Gasteiger partial charge is 0.346 e. The summed E-state index contributed by atoms with van der Waals surface area (Å²) in [4.78, 5) is 21.2. The molecule has 0 unspecified atom stereocenters. The number of methoxy groups -OCH3 is 1. The van der Waals surface area contributed by atoms with E-state index in [0.29, 0.717) is 0 Å². The van der Waals surface area contributed by atoms with Crippen molar-refractivity contribution in [3.05, 3.63) is 33.3 Å². The fourth-order valence-electron chi connectivity index (χ4n) is 1.14. The van der Waals surface area contributed by atoms with E-state index >= 15 is 0 Å². The maximum absolute atomic E-state index is 11.1. The first-order valence-electron chi connectivity index (χ1n) is 4.64. The van der Waals surface area contributed by atoms with Crippen LogP contribution in [-0.2, 0) is 9.53 Å². The summed E-state index contributed by atoms with van der Waals surface area (Å²) in [6.07, 6.45) is -0.931. The van der Waals surface area contributed by atoms with Gasteiger partial charge in [0.15, 0.2) is 11.9 Å². The summed E-state index contributed by atoms with van der Waals surface area (Å²) >= 11 is 5.64. The predicted molar refractivity (Wildman–Crippen MR) is 60.2 cm³/mol. The molecule has 0 amide bonds. The minimum Gasteiger partial charge on any atom is -0.472 e. The molecular formula is C10H10ClNO5. The van der Waals surface area contributed by atoms with Crippen LogP contribution in [0.15, 0.2) is 18.2 Å². The van der Waals surface area contributed by atoms with Crippen molar-refractivity contribution in [3.8, 4) is 5.75 Å². The third-order valence-corrected chi connectivity index (χ3v) is 2.19. The fraction of sp³-hybridized carbons (Fsp3) is 0.300. The Morgan fingerprint density at radius 2 is 2.18 bits per heavy atom. The number of nitro groups is 1. The fourth-order valence-corrected chi connectivity index (χ4v) is 1.30. The van der Waals surface area contributed by atoms with E-state index < -0.39 is 17.0 Å².